The number of rotatable bonds is 2. The molecule has 13 heavy (non-hydrogen) atoms. The van der Waals surface area contributed by atoms with Crippen molar-refractivity contribution in [2.24, 2.45) is 0 Å². The second-order valence-electron chi connectivity index (χ2n) is 2.86. The van der Waals surface area contributed by atoms with Crippen LogP contribution >= 0.6 is 0 Å². The van der Waals surface area contributed by atoms with Crippen LogP contribution in [0.1, 0.15) is 5.56 Å². The van der Waals surface area contributed by atoms with Gasteiger partial charge in [0.05, 0.1) is 0 Å². The van der Waals surface area contributed by atoms with Crippen LogP contribution in [0.15, 0.2) is 60.9 Å². The lowest BCUT2D eigenvalue weighted by atomic mass is 10.2. The Morgan fingerprint density at radius 3 is 2.08 bits per heavy atom. The third kappa shape index (κ3) is 2.09. The smallest absolute Gasteiger partial charge is 0.112 e. The van der Waals surface area contributed by atoms with E-state index in [1.807, 2.05) is 53.4 Å². The number of benzene rings is 1. The molecule has 1 nitrogen and oxygen atoms in total. The molecule has 1 aromatic carbocycles. The molecule has 0 amide bonds. The summed E-state index contributed by atoms with van der Waals surface area (Å²) in [5.74, 6) is 0. The number of hydrogen-bond donors (Lipinski definition) is 0. The van der Waals surface area contributed by atoms with Crippen molar-refractivity contribution in [3.63, 3.8) is 0 Å². The first-order chi connectivity index (χ1) is 6.45. The Hall–Kier alpha value is -1.76. The molecule has 1 heteroatoms. The Kier molecular flexibility index (Phi) is 2.28. The third-order valence-electron chi connectivity index (χ3n) is 1.84. The first kappa shape index (κ1) is 7.87. The normalized spacial score (nSPS) is 9.54. The maximum absolute atomic E-state index is 2.08. The van der Waals surface area contributed by atoms with Gasteiger partial charge in [-0.3, -0.25) is 4.57 Å². The van der Waals surface area contributed by atoms with Crippen LogP contribution in [0.2, 0.25) is 0 Å². The van der Waals surface area contributed by atoms with Gasteiger partial charge in [-0.1, -0.05) is 29.8 Å². The van der Waals surface area contributed by atoms with Crippen LogP contribution in [0.4, 0.5) is 0 Å². The fourth-order valence-electron chi connectivity index (χ4n) is 1.21. The fourth-order valence-corrected chi connectivity index (χ4v) is 1.21. The summed E-state index contributed by atoms with van der Waals surface area (Å²) in [5, 5.41) is 0. The van der Waals surface area contributed by atoms with Crippen molar-refractivity contribution < 1.29 is 4.57 Å². The van der Waals surface area contributed by atoms with Crippen molar-refractivity contribution in [1.29, 1.82) is 0 Å². The van der Waals surface area contributed by atoms with Crippen molar-refractivity contribution in [1.82, 2.24) is 0 Å². The number of nitrogens with zero attached hydrogens (tertiary/aromatic N) is 1. The lowest BCUT2D eigenvalue weighted by Crippen LogP contribution is -2.30. The summed E-state index contributed by atoms with van der Waals surface area (Å²) in [6, 6.07) is 16.3. The zero-order chi connectivity index (χ0) is 8.93. The second-order valence-corrected chi connectivity index (χ2v) is 2.86. The number of pyridine rings is 1. The van der Waals surface area contributed by atoms with E-state index in [0.717, 1.165) is 0 Å². The van der Waals surface area contributed by atoms with E-state index in [1.165, 1.54) is 5.56 Å². The molecule has 0 saturated carbocycles. The molecular weight excluding hydrogens is 158 g/mol. The van der Waals surface area contributed by atoms with Gasteiger partial charge in [0.2, 0.25) is 0 Å². The predicted molar refractivity (Wildman–Crippen MR) is 51.9 cm³/mol. The van der Waals surface area contributed by atoms with Crippen molar-refractivity contribution in [2.45, 2.75) is 0 Å². The van der Waals surface area contributed by atoms with Crippen molar-refractivity contribution in [2.75, 3.05) is 0 Å². The molecule has 0 N–H and O–H groups in total. The van der Waals surface area contributed by atoms with Gasteiger partial charge in [0.15, 0.2) is 0 Å². The highest BCUT2D eigenvalue weighted by Gasteiger charge is 1.92. The molecule has 0 atom stereocenters. The summed E-state index contributed by atoms with van der Waals surface area (Å²) in [5.41, 5.74) is 1.21. The average Bonchev–Trinajstić information content (AvgIpc) is 2.21. The second kappa shape index (κ2) is 3.76. The fraction of sp³-hybridized carbons (Fsp3) is 0. The van der Waals surface area contributed by atoms with E-state index in [2.05, 4.69) is 18.7 Å². The molecule has 0 spiro atoms. The topological polar surface area (TPSA) is 3.88 Å². The van der Waals surface area contributed by atoms with E-state index in [-0.39, 0.29) is 0 Å². The summed E-state index contributed by atoms with van der Waals surface area (Å²) in [7, 11) is 0. The molecule has 0 saturated heterocycles. The first-order valence-electron chi connectivity index (χ1n) is 4.31. The van der Waals surface area contributed by atoms with Gasteiger partial charge in [0.25, 0.3) is 0 Å². The molecule has 0 aliphatic carbocycles. The molecule has 0 unspecified atom stereocenters. The minimum absolute atomic E-state index is 1.21. The van der Waals surface area contributed by atoms with Crippen LogP contribution in [-0.2, 0) is 0 Å². The Morgan fingerprint density at radius 1 is 0.769 bits per heavy atom. The van der Waals surface area contributed by atoms with Crippen molar-refractivity contribution in [3.05, 3.63) is 73.0 Å². The highest BCUT2D eigenvalue weighted by Crippen LogP contribution is 1.98. The van der Waals surface area contributed by atoms with Gasteiger partial charge in [-0.25, -0.2) is 0 Å². The van der Waals surface area contributed by atoms with E-state index in [9.17, 15) is 0 Å². The van der Waals surface area contributed by atoms with E-state index < -0.39 is 0 Å². The molecule has 0 bridgehead atoms. The maximum Gasteiger partial charge on any atom is 0.112 e. The van der Waals surface area contributed by atoms with E-state index in [0.29, 0.717) is 0 Å². The van der Waals surface area contributed by atoms with Crippen LogP contribution in [0.3, 0.4) is 0 Å². The molecule has 0 radical (unpaired) electrons. The Morgan fingerprint density at radius 2 is 1.38 bits per heavy atom. The summed E-state index contributed by atoms with van der Waals surface area (Å²) in [6.07, 6.45) is 4.04. The highest BCUT2D eigenvalue weighted by atomic mass is 14.9. The van der Waals surface area contributed by atoms with Gasteiger partial charge < -0.3 is 0 Å². The number of hydrogen-bond acceptors (Lipinski definition) is 0. The van der Waals surface area contributed by atoms with Gasteiger partial charge in [-0.05, 0) is 12.1 Å². The lowest BCUT2D eigenvalue weighted by Gasteiger charge is -2.01. The van der Waals surface area contributed by atoms with Gasteiger partial charge in [0, 0.05) is 0 Å². The Bertz CT molecular complexity index is 316. The van der Waals surface area contributed by atoms with Crippen LogP contribution in [-0.4, -0.2) is 0 Å². The predicted octanol–water partition coefficient (Wildman–Crippen LogP) is 2.03. The van der Waals surface area contributed by atoms with Gasteiger partial charge in [-0.2, -0.15) is 0 Å². The summed E-state index contributed by atoms with van der Waals surface area (Å²) < 4.78 is 2.04. The zero-order valence-electron chi connectivity index (χ0n) is 7.30. The van der Waals surface area contributed by atoms with Crippen molar-refractivity contribution >= 4 is 0 Å². The molecule has 0 fully saturated rings. The molecule has 0 aliphatic rings. The molecular formula is C12H11N. The SMILES string of the molecule is c1ccc([CH-][n+]2ccccc2)cc1. The standard InChI is InChI=1S/C12H11N/c1-3-7-12(8-4-1)11-13-9-5-2-6-10-13/h1-11H. The van der Waals surface area contributed by atoms with Crippen LogP contribution < -0.4 is 4.57 Å². The third-order valence-corrected chi connectivity index (χ3v) is 1.84. The van der Waals surface area contributed by atoms with E-state index in [4.69, 9.17) is 0 Å². The molecule has 2 rings (SSSR count). The highest BCUT2D eigenvalue weighted by molar-refractivity contribution is 5.19. The van der Waals surface area contributed by atoms with E-state index in [1.54, 1.807) is 0 Å². The van der Waals surface area contributed by atoms with Gasteiger partial charge >= 0.3 is 0 Å². The zero-order valence-corrected chi connectivity index (χ0v) is 7.30. The molecule has 1 heterocycles. The Balaban J connectivity index is 2.16. The minimum Gasteiger partial charge on any atom is -0.270 e. The Labute approximate surface area is 78.3 Å². The van der Waals surface area contributed by atoms with Gasteiger partial charge in [0.1, 0.15) is 18.9 Å². The summed E-state index contributed by atoms with van der Waals surface area (Å²) in [4.78, 5) is 0. The average molecular weight is 169 g/mol. The number of aromatic nitrogens is 1. The van der Waals surface area contributed by atoms with E-state index >= 15 is 0 Å². The summed E-state index contributed by atoms with van der Waals surface area (Å²) in [6.45, 7) is 2.08. The van der Waals surface area contributed by atoms with Crippen molar-refractivity contribution in [3.8, 4) is 0 Å². The molecule has 64 valence electrons. The van der Waals surface area contributed by atoms with Crippen LogP contribution in [0, 0.1) is 6.54 Å². The first-order valence-corrected chi connectivity index (χ1v) is 4.31. The maximum atomic E-state index is 2.08. The minimum atomic E-state index is 1.21. The van der Waals surface area contributed by atoms with Crippen LogP contribution in [0.5, 0.6) is 0 Å². The largest absolute Gasteiger partial charge is 0.270 e. The van der Waals surface area contributed by atoms with Gasteiger partial charge in [-0.15, -0.1) is 12.1 Å². The monoisotopic (exact) mass is 169 g/mol. The lowest BCUT2D eigenvalue weighted by molar-refractivity contribution is -0.628. The summed E-state index contributed by atoms with van der Waals surface area (Å²) >= 11 is 0. The molecule has 2 aromatic rings. The molecule has 1 aromatic heterocycles. The molecule has 0 aliphatic heterocycles. The van der Waals surface area contributed by atoms with Crippen LogP contribution in [0.25, 0.3) is 0 Å². The quantitative estimate of drug-likeness (QED) is 0.478.